The lowest BCUT2D eigenvalue weighted by molar-refractivity contribution is -0.139. The first-order valence-electron chi connectivity index (χ1n) is 11.3. The molecule has 3 aliphatic rings. The van der Waals surface area contributed by atoms with E-state index in [4.69, 9.17) is 4.74 Å². The lowest BCUT2D eigenvalue weighted by atomic mass is 9.78. The number of imide groups is 1. The maximum Gasteiger partial charge on any atom is 0.316 e. The highest BCUT2D eigenvalue weighted by Gasteiger charge is 2.50. The largest absolute Gasteiger partial charge is 0.426 e. The van der Waals surface area contributed by atoms with Gasteiger partial charge in [-0.15, -0.1) is 0 Å². The first-order chi connectivity index (χ1) is 16.3. The third-order valence-corrected chi connectivity index (χ3v) is 6.78. The van der Waals surface area contributed by atoms with Gasteiger partial charge in [-0.2, -0.15) is 0 Å². The van der Waals surface area contributed by atoms with E-state index in [2.05, 4.69) is 0 Å². The van der Waals surface area contributed by atoms with Crippen LogP contribution in [-0.2, 0) is 19.2 Å². The number of halogens is 1. The van der Waals surface area contributed by atoms with Gasteiger partial charge in [-0.25, -0.2) is 4.39 Å². The number of esters is 1. The summed E-state index contributed by atoms with van der Waals surface area (Å²) in [6.07, 6.45) is 4.48. The zero-order valence-corrected chi connectivity index (χ0v) is 18.5. The molecule has 2 aromatic carbocycles. The quantitative estimate of drug-likeness (QED) is 0.301. The Kier molecular flexibility index (Phi) is 5.51. The zero-order valence-electron chi connectivity index (χ0n) is 18.5. The Morgan fingerprint density at radius 1 is 0.971 bits per heavy atom. The van der Waals surface area contributed by atoms with Crippen LogP contribution in [0, 0.1) is 29.5 Å². The van der Waals surface area contributed by atoms with Crippen LogP contribution in [0.1, 0.15) is 19.8 Å². The Hall–Kier alpha value is -3.81. The fourth-order valence-corrected chi connectivity index (χ4v) is 5.00. The summed E-state index contributed by atoms with van der Waals surface area (Å²) in [5, 5.41) is 0. The Bertz CT molecular complexity index is 1190. The summed E-state index contributed by atoms with van der Waals surface area (Å²) in [5.74, 6) is -2.69. The maximum absolute atomic E-state index is 13.2. The summed E-state index contributed by atoms with van der Waals surface area (Å²) in [6.45, 7) is 2.09. The third kappa shape index (κ3) is 3.79. The molecule has 0 unspecified atom stereocenters. The van der Waals surface area contributed by atoms with Gasteiger partial charge in [0, 0.05) is 18.7 Å². The number of carbonyl (C=O) groups is 4. The second-order valence-electron chi connectivity index (χ2n) is 8.96. The smallest absolute Gasteiger partial charge is 0.316 e. The Morgan fingerprint density at radius 3 is 2.32 bits per heavy atom. The summed E-state index contributed by atoms with van der Waals surface area (Å²) >= 11 is 0. The predicted octanol–water partition coefficient (Wildman–Crippen LogP) is 3.49. The van der Waals surface area contributed by atoms with E-state index in [-0.39, 0.29) is 54.2 Å². The molecule has 2 fully saturated rings. The minimum atomic E-state index is -0.656. The fraction of sp³-hybridized carbons (Fsp3) is 0.308. The number of rotatable bonds is 4. The van der Waals surface area contributed by atoms with Crippen molar-refractivity contribution in [3.63, 3.8) is 0 Å². The number of nitrogens with zero attached hydrogens (tertiary/aromatic N) is 2. The van der Waals surface area contributed by atoms with E-state index in [0.717, 1.165) is 0 Å². The van der Waals surface area contributed by atoms with Crippen molar-refractivity contribution in [1.82, 2.24) is 0 Å². The van der Waals surface area contributed by atoms with Crippen LogP contribution >= 0.6 is 0 Å². The van der Waals surface area contributed by atoms with Crippen LogP contribution in [0.3, 0.4) is 0 Å². The molecule has 0 bridgehead atoms. The van der Waals surface area contributed by atoms with Crippen LogP contribution < -0.4 is 14.5 Å². The molecule has 0 N–H and O–H groups in total. The molecular formula is C26H23FN2O5. The fourth-order valence-electron chi connectivity index (χ4n) is 5.00. The van der Waals surface area contributed by atoms with Crippen molar-refractivity contribution in [2.45, 2.75) is 19.8 Å². The molecule has 3 amide bonds. The maximum atomic E-state index is 13.2. The van der Waals surface area contributed by atoms with Gasteiger partial charge in [0.05, 0.1) is 23.4 Å². The van der Waals surface area contributed by atoms with Gasteiger partial charge in [-0.1, -0.05) is 19.1 Å². The average molecular weight is 462 g/mol. The van der Waals surface area contributed by atoms with Gasteiger partial charge in [-0.3, -0.25) is 24.1 Å². The molecular weight excluding hydrogens is 439 g/mol. The summed E-state index contributed by atoms with van der Waals surface area (Å²) in [5.41, 5.74) is 0.964. The van der Waals surface area contributed by atoms with Crippen LogP contribution in [0.2, 0.25) is 0 Å². The number of amides is 3. The minimum Gasteiger partial charge on any atom is -0.426 e. The van der Waals surface area contributed by atoms with Crippen molar-refractivity contribution in [3.05, 3.63) is 66.5 Å². The van der Waals surface area contributed by atoms with Crippen LogP contribution in [-0.4, -0.2) is 30.2 Å². The SMILES string of the molecule is C[C@@H]1C=CC[C@@H]2C(=O)N(c3ccc(OC(=O)[C@H]4CC(=O)N(c5ccc(F)cc5)C4)cc3)C(=O)[C@H]12. The van der Waals surface area contributed by atoms with E-state index in [9.17, 15) is 23.6 Å². The molecule has 2 heterocycles. The molecule has 7 nitrogen and oxygen atoms in total. The molecule has 0 spiro atoms. The lowest BCUT2D eigenvalue weighted by Crippen LogP contribution is -2.31. The molecule has 2 aliphatic heterocycles. The molecule has 0 radical (unpaired) electrons. The van der Waals surface area contributed by atoms with E-state index in [0.29, 0.717) is 17.8 Å². The van der Waals surface area contributed by atoms with Crippen molar-refractivity contribution in [3.8, 4) is 5.75 Å². The molecule has 4 atom stereocenters. The number of allylic oxidation sites excluding steroid dienone is 2. The van der Waals surface area contributed by atoms with E-state index in [1.807, 2.05) is 19.1 Å². The monoisotopic (exact) mass is 462 g/mol. The van der Waals surface area contributed by atoms with Crippen LogP contribution in [0.15, 0.2) is 60.7 Å². The molecule has 174 valence electrons. The van der Waals surface area contributed by atoms with Crippen LogP contribution in [0.5, 0.6) is 5.75 Å². The Labute approximate surface area is 195 Å². The highest BCUT2D eigenvalue weighted by atomic mass is 19.1. The zero-order chi connectivity index (χ0) is 24.0. The summed E-state index contributed by atoms with van der Waals surface area (Å²) in [6, 6.07) is 11.7. The summed E-state index contributed by atoms with van der Waals surface area (Å²) in [7, 11) is 0. The number of benzene rings is 2. The molecule has 1 aliphatic carbocycles. The number of hydrogen-bond donors (Lipinski definition) is 0. The molecule has 2 aromatic rings. The van der Waals surface area contributed by atoms with E-state index in [1.54, 1.807) is 12.1 Å². The second-order valence-corrected chi connectivity index (χ2v) is 8.96. The number of fused-ring (bicyclic) bond motifs is 1. The highest BCUT2D eigenvalue weighted by Crippen LogP contribution is 2.40. The average Bonchev–Trinajstić information content (AvgIpc) is 3.33. The lowest BCUT2D eigenvalue weighted by Gasteiger charge is -2.22. The molecule has 0 aromatic heterocycles. The molecule has 2 saturated heterocycles. The van der Waals surface area contributed by atoms with Gasteiger partial charge in [0.1, 0.15) is 11.6 Å². The van der Waals surface area contributed by atoms with Gasteiger partial charge >= 0.3 is 5.97 Å². The Morgan fingerprint density at radius 2 is 1.65 bits per heavy atom. The first-order valence-corrected chi connectivity index (χ1v) is 11.3. The third-order valence-electron chi connectivity index (χ3n) is 6.78. The standard InChI is InChI=1S/C26H23FN2O5/c1-15-3-2-4-21-23(15)25(32)29(24(21)31)19-9-11-20(12-10-19)34-26(33)16-13-22(30)28(14-16)18-7-5-17(27)6-8-18/h2-3,5-12,15-16,21,23H,4,13-14H2,1H3/t15-,16+,21+,23-/m1/s1. The predicted molar refractivity (Wildman–Crippen MR) is 121 cm³/mol. The van der Waals surface area contributed by atoms with Gasteiger partial charge < -0.3 is 9.64 Å². The van der Waals surface area contributed by atoms with Crippen molar-refractivity contribution in [2.24, 2.45) is 23.7 Å². The van der Waals surface area contributed by atoms with Gasteiger partial charge in [0.15, 0.2) is 0 Å². The molecule has 34 heavy (non-hydrogen) atoms. The summed E-state index contributed by atoms with van der Waals surface area (Å²) in [4.78, 5) is 53.5. The van der Waals surface area contributed by atoms with E-state index in [1.165, 1.54) is 46.2 Å². The van der Waals surface area contributed by atoms with Gasteiger partial charge in [0.25, 0.3) is 0 Å². The first kappa shape index (κ1) is 22.0. The van der Waals surface area contributed by atoms with Crippen molar-refractivity contribution >= 4 is 35.1 Å². The van der Waals surface area contributed by atoms with Crippen molar-refractivity contribution < 1.29 is 28.3 Å². The Balaban J connectivity index is 1.25. The number of carbonyl (C=O) groups excluding carboxylic acids is 4. The van der Waals surface area contributed by atoms with Gasteiger partial charge in [-0.05, 0) is 60.9 Å². The number of hydrogen-bond acceptors (Lipinski definition) is 5. The summed E-state index contributed by atoms with van der Waals surface area (Å²) < 4.78 is 18.6. The minimum absolute atomic E-state index is 0.0000710. The molecule has 5 rings (SSSR count). The van der Waals surface area contributed by atoms with Crippen molar-refractivity contribution in [2.75, 3.05) is 16.3 Å². The van der Waals surface area contributed by atoms with Crippen molar-refractivity contribution in [1.29, 1.82) is 0 Å². The van der Waals surface area contributed by atoms with Crippen LogP contribution in [0.25, 0.3) is 0 Å². The van der Waals surface area contributed by atoms with Crippen LogP contribution in [0.4, 0.5) is 15.8 Å². The molecule has 8 heteroatoms. The van der Waals surface area contributed by atoms with E-state index < -0.39 is 17.7 Å². The van der Waals surface area contributed by atoms with Gasteiger partial charge in [0.2, 0.25) is 17.7 Å². The number of anilines is 2. The van der Waals surface area contributed by atoms with E-state index >= 15 is 0 Å². The second kappa shape index (κ2) is 8.52. The highest BCUT2D eigenvalue weighted by molar-refractivity contribution is 6.22. The number of ether oxygens (including phenoxy) is 1. The topological polar surface area (TPSA) is 84.0 Å². The molecule has 0 saturated carbocycles. The normalized spacial score (nSPS) is 26.2.